The van der Waals surface area contributed by atoms with E-state index in [0.29, 0.717) is 0 Å². The first-order chi connectivity index (χ1) is 12.2. The third-order valence-corrected chi connectivity index (χ3v) is 3.63. The van der Waals surface area contributed by atoms with Crippen LogP contribution >= 0.6 is 0 Å². The van der Waals surface area contributed by atoms with Gasteiger partial charge >= 0.3 is 6.18 Å². The largest absolute Gasteiger partial charge is 0.416 e. The number of hydrogen-bond acceptors (Lipinski definition) is 4. The fourth-order valence-corrected chi connectivity index (χ4v) is 2.26. The number of nitrogens with zero attached hydrogens (tertiary/aromatic N) is 1. The van der Waals surface area contributed by atoms with Gasteiger partial charge in [0, 0.05) is 6.07 Å². The van der Waals surface area contributed by atoms with Gasteiger partial charge in [-0.1, -0.05) is 24.3 Å². The molecule has 2 atom stereocenters. The summed E-state index contributed by atoms with van der Waals surface area (Å²) in [5.74, 6) is 0. The van der Waals surface area contributed by atoms with Crippen molar-refractivity contribution in [1.82, 2.24) is 0 Å². The molecule has 0 saturated carbocycles. The molecule has 0 amide bonds. The maximum absolute atomic E-state index is 14.2. The summed E-state index contributed by atoms with van der Waals surface area (Å²) in [5.41, 5.74) is -0.952. The van der Waals surface area contributed by atoms with Gasteiger partial charge in [0.05, 0.1) is 29.3 Å². The molecule has 0 bridgehead atoms. The van der Waals surface area contributed by atoms with Crippen LogP contribution in [0.1, 0.15) is 22.9 Å². The molecule has 0 aromatic heterocycles. The van der Waals surface area contributed by atoms with Gasteiger partial charge in [0.2, 0.25) is 0 Å². The highest BCUT2D eigenvalue weighted by atomic mass is 19.4. The number of alkyl halides is 4. The maximum Gasteiger partial charge on any atom is 0.416 e. The summed E-state index contributed by atoms with van der Waals surface area (Å²) in [6, 6.07) is 9.15. The van der Waals surface area contributed by atoms with Crippen LogP contribution in [0.5, 0.6) is 0 Å². The zero-order valence-corrected chi connectivity index (χ0v) is 13.3. The normalized spacial score (nSPS) is 14.0. The van der Waals surface area contributed by atoms with Crippen LogP contribution in [-0.2, 0) is 17.5 Å². The fraction of sp³-hybridized carbons (Fsp3) is 0.294. The summed E-state index contributed by atoms with van der Waals surface area (Å²) in [7, 11) is 0. The van der Waals surface area contributed by atoms with Gasteiger partial charge in [0.15, 0.2) is 6.17 Å². The predicted octanol–water partition coefficient (Wildman–Crippen LogP) is 4.20. The molecule has 0 fully saturated rings. The minimum atomic E-state index is -4.53. The van der Waals surface area contributed by atoms with Crippen molar-refractivity contribution in [3.63, 3.8) is 0 Å². The SMILES string of the molecule is O=[N+]([O-])c1ccccc1COC[C@H](O)[C@H](F)c1ccc(C(F)(F)F)cc1. The van der Waals surface area contributed by atoms with Crippen LogP contribution in [0.4, 0.5) is 23.2 Å². The minimum absolute atomic E-state index is 0.125. The second-order valence-corrected chi connectivity index (χ2v) is 5.49. The number of ether oxygens (including phenoxy) is 1. The van der Waals surface area contributed by atoms with Crippen molar-refractivity contribution in [3.8, 4) is 0 Å². The maximum atomic E-state index is 14.2. The van der Waals surface area contributed by atoms with Crippen LogP contribution in [0.3, 0.4) is 0 Å². The Labute approximate surface area is 146 Å². The number of benzene rings is 2. The molecule has 2 aromatic rings. The zero-order chi connectivity index (χ0) is 19.3. The van der Waals surface area contributed by atoms with Gasteiger partial charge in [-0.2, -0.15) is 13.2 Å². The van der Waals surface area contributed by atoms with Crippen molar-refractivity contribution in [2.75, 3.05) is 6.61 Å². The third kappa shape index (κ3) is 4.99. The van der Waals surface area contributed by atoms with E-state index >= 15 is 0 Å². The Morgan fingerprint density at radius 2 is 1.73 bits per heavy atom. The van der Waals surface area contributed by atoms with Gasteiger partial charge in [-0.05, 0) is 23.8 Å². The number of halogens is 4. The molecular formula is C17H15F4NO4. The van der Waals surface area contributed by atoms with E-state index in [9.17, 15) is 32.8 Å². The second-order valence-electron chi connectivity index (χ2n) is 5.49. The van der Waals surface area contributed by atoms with E-state index in [1.807, 2.05) is 0 Å². The molecule has 0 aliphatic rings. The van der Waals surface area contributed by atoms with Crippen LogP contribution in [-0.4, -0.2) is 22.7 Å². The Balaban J connectivity index is 1.93. The minimum Gasteiger partial charge on any atom is -0.387 e. The van der Waals surface area contributed by atoms with Crippen molar-refractivity contribution in [3.05, 3.63) is 75.3 Å². The Hall–Kier alpha value is -2.52. The molecule has 1 N–H and O–H groups in total. The number of hydrogen-bond donors (Lipinski definition) is 1. The Morgan fingerprint density at radius 3 is 2.31 bits per heavy atom. The summed E-state index contributed by atoms with van der Waals surface area (Å²) in [4.78, 5) is 10.3. The monoisotopic (exact) mass is 373 g/mol. The van der Waals surface area contributed by atoms with E-state index in [1.165, 1.54) is 18.2 Å². The lowest BCUT2D eigenvalue weighted by Crippen LogP contribution is -2.21. The van der Waals surface area contributed by atoms with Crippen LogP contribution in [0.25, 0.3) is 0 Å². The molecule has 5 nitrogen and oxygen atoms in total. The van der Waals surface area contributed by atoms with Gasteiger partial charge < -0.3 is 9.84 Å². The third-order valence-electron chi connectivity index (χ3n) is 3.63. The van der Waals surface area contributed by atoms with Gasteiger partial charge in [0.25, 0.3) is 5.69 Å². The first-order valence-corrected chi connectivity index (χ1v) is 7.49. The summed E-state index contributed by atoms with van der Waals surface area (Å²) >= 11 is 0. The number of aliphatic hydroxyl groups excluding tert-OH is 1. The Morgan fingerprint density at radius 1 is 1.12 bits per heavy atom. The van der Waals surface area contributed by atoms with E-state index in [0.717, 1.165) is 24.3 Å². The molecule has 140 valence electrons. The number of aliphatic hydroxyl groups is 1. The van der Waals surface area contributed by atoms with E-state index < -0.39 is 35.5 Å². The zero-order valence-electron chi connectivity index (χ0n) is 13.3. The van der Waals surface area contributed by atoms with E-state index in [4.69, 9.17) is 4.74 Å². The van der Waals surface area contributed by atoms with Gasteiger partial charge in [-0.25, -0.2) is 4.39 Å². The van der Waals surface area contributed by atoms with Gasteiger partial charge in [0.1, 0.15) is 6.10 Å². The number of nitro benzene ring substituents is 1. The molecule has 9 heteroatoms. The molecular weight excluding hydrogens is 358 g/mol. The summed E-state index contributed by atoms with van der Waals surface area (Å²) in [5, 5.41) is 20.7. The number of rotatable bonds is 7. The molecule has 0 aliphatic heterocycles. The van der Waals surface area contributed by atoms with Crippen LogP contribution in [0.15, 0.2) is 48.5 Å². The average molecular weight is 373 g/mol. The number of nitro groups is 1. The average Bonchev–Trinajstić information content (AvgIpc) is 2.60. The van der Waals surface area contributed by atoms with Crippen LogP contribution < -0.4 is 0 Å². The van der Waals surface area contributed by atoms with Gasteiger partial charge in [-0.15, -0.1) is 0 Å². The van der Waals surface area contributed by atoms with Crippen LogP contribution in [0, 0.1) is 10.1 Å². The first-order valence-electron chi connectivity index (χ1n) is 7.49. The highest BCUT2D eigenvalue weighted by Crippen LogP contribution is 2.31. The van der Waals surface area contributed by atoms with E-state index in [1.54, 1.807) is 6.07 Å². The topological polar surface area (TPSA) is 72.6 Å². The molecule has 0 radical (unpaired) electrons. The second kappa shape index (κ2) is 8.24. The van der Waals surface area contributed by atoms with Crippen molar-refractivity contribution < 1.29 is 32.3 Å². The quantitative estimate of drug-likeness (QED) is 0.448. The highest BCUT2D eigenvalue weighted by Gasteiger charge is 2.31. The summed E-state index contributed by atoms with van der Waals surface area (Å²) in [6.07, 6.45) is -8.12. The van der Waals surface area contributed by atoms with Crippen LogP contribution in [0.2, 0.25) is 0 Å². The molecule has 26 heavy (non-hydrogen) atoms. The van der Waals surface area contributed by atoms with Crippen molar-refractivity contribution >= 4 is 5.69 Å². The van der Waals surface area contributed by atoms with Crippen molar-refractivity contribution in [2.24, 2.45) is 0 Å². The standard InChI is InChI=1S/C17H15F4NO4/c18-16(11-5-7-13(8-6-11)17(19,20)21)15(23)10-26-9-12-3-1-2-4-14(12)22(24)25/h1-8,15-16,23H,9-10H2/t15-,16+/m0/s1. The smallest absolute Gasteiger partial charge is 0.387 e. The number of para-hydroxylation sites is 1. The summed E-state index contributed by atoms with van der Waals surface area (Å²) < 4.78 is 56.7. The highest BCUT2D eigenvalue weighted by molar-refractivity contribution is 5.39. The summed E-state index contributed by atoms with van der Waals surface area (Å²) in [6.45, 7) is -0.692. The van der Waals surface area contributed by atoms with E-state index in [2.05, 4.69) is 0 Å². The lowest BCUT2D eigenvalue weighted by Gasteiger charge is -2.17. The molecule has 0 saturated heterocycles. The van der Waals surface area contributed by atoms with E-state index in [-0.39, 0.29) is 23.4 Å². The molecule has 0 spiro atoms. The van der Waals surface area contributed by atoms with Gasteiger partial charge in [-0.3, -0.25) is 10.1 Å². The first kappa shape index (κ1) is 19.8. The molecule has 0 unspecified atom stereocenters. The Bertz CT molecular complexity index is 749. The molecule has 2 rings (SSSR count). The fourth-order valence-electron chi connectivity index (χ4n) is 2.26. The van der Waals surface area contributed by atoms with Crippen molar-refractivity contribution in [2.45, 2.75) is 25.1 Å². The molecule has 0 aliphatic carbocycles. The lowest BCUT2D eigenvalue weighted by molar-refractivity contribution is -0.386. The Kier molecular flexibility index (Phi) is 6.27. The van der Waals surface area contributed by atoms with Crippen molar-refractivity contribution in [1.29, 1.82) is 0 Å². The molecule has 2 aromatic carbocycles. The predicted molar refractivity (Wildman–Crippen MR) is 84.1 cm³/mol. The lowest BCUT2D eigenvalue weighted by atomic mass is 10.0. The molecule has 0 heterocycles.